The summed E-state index contributed by atoms with van der Waals surface area (Å²) in [5.74, 6) is 0.0191. The third kappa shape index (κ3) is 23.6. The van der Waals surface area contributed by atoms with Crippen molar-refractivity contribution in [3.63, 3.8) is 0 Å². The molecule has 0 aliphatic rings. The fourth-order valence-corrected chi connectivity index (χ4v) is 4.35. The van der Waals surface area contributed by atoms with Gasteiger partial charge in [0, 0.05) is 6.42 Å². The SMILES string of the molecule is CCCCCCCCCCCCCCCCCCCCC(=O)O[Si](C)(C)C. The summed E-state index contributed by atoms with van der Waals surface area (Å²) in [7, 11) is -1.68. The van der Waals surface area contributed by atoms with E-state index >= 15 is 0 Å². The molecule has 0 aliphatic carbocycles. The first-order valence-corrected chi connectivity index (χ1v) is 15.6. The minimum atomic E-state index is -1.68. The van der Waals surface area contributed by atoms with Gasteiger partial charge in [0.1, 0.15) is 0 Å². The van der Waals surface area contributed by atoms with E-state index in [1.54, 1.807) is 0 Å². The first kappa shape index (κ1) is 26.7. The third-order valence-electron chi connectivity index (χ3n) is 5.15. The molecule has 0 unspecified atom stereocenters. The first-order valence-electron chi connectivity index (χ1n) is 12.2. The number of unbranched alkanes of at least 4 members (excludes halogenated alkanes) is 17. The molecule has 27 heavy (non-hydrogen) atoms. The van der Waals surface area contributed by atoms with Crippen molar-refractivity contribution in [2.45, 2.75) is 149 Å². The molecular weight excluding hydrogens is 348 g/mol. The molecule has 3 heteroatoms. The predicted octanol–water partition coefficient (Wildman–Crippen LogP) is 8.80. The Labute approximate surface area is 172 Å². The molecule has 0 aromatic rings. The molecule has 0 rings (SSSR count). The zero-order chi connectivity index (χ0) is 20.2. The van der Waals surface area contributed by atoms with Crippen LogP contribution in [0.25, 0.3) is 0 Å². The Morgan fingerprint density at radius 2 is 0.852 bits per heavy atom. The maximum Gasteiger partial charge on any atom is 0.292 e. The predicted molar refractivity (Wildman–Crippen MR) is 123 cm³/mol. The molecule has 0 heterocycles. The molecule has 2 nitrogen and oxygen atoms in total. The molecule has 0 bridgehead atoms. The lowest BCUT2D eigenvalue weighted by atomic mass is 10.0. The highest BCUT2D eigenvalue weighted by molar-refractivity contribution is 6.71. The van der Waals surface area contributed by atoms with Crippen LogP contribution in [0.1, 0.15) is 129 Å². The Kier molecular flexibility index (Phi) is 18.8. The van der Waals surface area contributed by atoms with E-state index in [2.05, 4.69) is 26.6 Å². The molecule has 0 radical (unpaired) electrons. The quantitative estimate of drug-likeness (QED) is 0.151. The summed E-state index contributed by atoms with van der Waals surface area (Å²) in [6, 6.07) is 0. The van der Waals surface area contributed by atoms with Crippen LogP contribution < -0.4 is 0 Å². The van der Waals surface area contributed by atoms with E-state index in [0.29, 0.717) is 6.42 Å². The summed E-state index contributed by atoms with van der Waals surface area (Å²) in [4.78, 5) is 11.6. The largest absolute Gasteiger partial charge is 0.520 e. The average molecular weight is 399 g/mol. The maximum absolute atomic E-state index is 11.6. The Hall–Kier alpha value is -0.313. The van der Waals surface area contributed by atoms with Gasteiger partial charge in [-0.2, -0.15) is 0 Å². The van der Waals surface area contributed by atoms with Crippen molar-refractivity contribution in [1.82, 2.24) is 0 Å². The first-order chi connectivity index (χ1) is 13.0. The summed E-state index contributed by atoms with van der Waals surface area (Å²) in [5, 5.41) is 0. The second kappa shape index (κ2) is 19.0. The highest BCUT2D eigenvalue weighted by Crippen LogP contribution is 2.15. The monoisotopic (exact) mass is 398 g/mol. The van der Waals surface area contributed by atoms with Crippen LogP contribution in [0.5, 0.6) is 0 Å². The molecule has 0 atom stereocenters. The molecule has 0 N–H and O–H groups in total. The molecular formula is C24H50O2Si. The van der Waals surface area contributed by atoms with Gasteiger partial charge in [0.2, 0.25) is 8.32 Å². The highest BCUT2D eigenvalue weighted by atomic mass is 28.4. The topological polar surface area (TPSA) is 26.3 Å². The van der Waals surface area contributed by atoms with Gasteiger partial charge in [-0.25, -0.2) is 0 Å². The Morgan fingerprint density at radius 3 is 1.15 bits per heavy atom. The Bertz CT molecular complexity index is 323. The third-order valence-corrected chi connectivity index (χ3v) is 5.99. The van der Waals surface area contributed by atoms with Crippen molar-refractivity contribution < 1.29 is 9.22 Å². The summed E-state index contributed by atoms with van der Waals surface area (Å²) in [5.41, 5.74) is 0. The van der Waals surface area contributed by atoms with Crippen LogP contribution in [0.3, 0.4) is 0 Å². The van der Waals surface area contributed by atoms with Gasteiger partial charge in [-0.3, -0.25) is 4.79 Å². The molecule has 0 saturated heterocycles. The van der Waals surface area contributed by atoms with Gasteiger partial charge in [-0.1, -0.05) is 116 Å². The number of rotatable bonds is 20. The van der Waals surface area contributed by atoms with Crippen LogP contribution >= 0.6 is 0 Å². The van der Waals surface area contributed by atoms with E-state index in [9.17, 15) is 4.79 Å². The Morgan fingerprint density at radius 1 is 0.556 bits per heavy atom. The van der Waals surface area contributed by atoms with Crippen LogP contribution in [-0.4, -0.2) is 14.3 Å². The van der Waals surface area contributed by atoms with Crippen molar-refractivity contribution in [2.24, 2.45) is 0 Å². The fourth-order valence-electron chi connectivity index (χ4n) is 3.56. The average Bonchev–Trinajstić information content (AvgIpc) is 2.59. The highest BCUT2D eigenvalue weighted by Gasteiger charge is 2.19. The normalized spacial score (nSPS) is 11.7. The molecule has 0 aliphatic heterocycles. The van der Waals surface area contributed by atoms with E-state index in [0.717, 1.165) is 6.42 Å². The van der Waals surface area contributed by atoms with Crippen LogP contribution in [0, 0.1) is 0 Å². The van der Waals surface area contributed by atoms with Crippen molar-refractivity contribution in [1.29, 1.82) is 0 Å². The van der Waals surface area contributed by atoms with Crippen LogP contribution in [0.4, 0.5) is 0 Å². The van der Waals surface area contributed by atoms with Crippen LogP contribution in [0.15, 0.2) is 0 Å². The fraction of sp³-hybridized carbons (Fsp3) is 0.958. The minimum absolute atomic E-state index is 0.0191. The molecule has 0 aromatic heterocycles. The lowest BCUT2D eigenvalue weighted by Crippen LogP contribution is -2.28. The van der Waals surface area contributed by atoms with E-state index < -0.39 is 8.32 Å². The molecule has 0 spiro atoms. The number of hydrogen-bond donors (Lipinski definition) is 0. The summed E-state index contributed by atoms with van der Waals surface area (Å²) in [6.07, 6.45) is 25.4. The van der Waals surface area contributed by atoms with Crippen molar-refractivity contribution in [2.75, 3.05) is 0 Å². The van der Waals surface area contributed by atoms with E-state index in [4.69, 9.17) is 4.43 Å². The molecule has 0 fully saturated rings. The lowest BCUT2D eigenvalue weighted by molar-refractivity contribution is -0.135. The Balaban J connectivity index is 3.12. The van der Waals surface area contributed by atoms with E-state index in [1.165, 1.54) is 109 Å². The van der Waals surface area contributed by atoms with Gasteiger partial charge in [-0.15, -0.1) is 0 Å². The zero-order valence-electron chi connectivity index (χ0n) is 19.3. The molecule has 0 amide bonds. The van der Waals surface area contributed by atoms with Crippen molar-refractivity contribution in [3.05, 3.63) is 0 Å². The smallest absolute Gasteiger partial charge is 0.292 e. The van der Waals surface area contributed by atoms with Gasteiger partial charge < -0.3 is 4.43 Å². The van der Waals surface area contributed by atoms with Gasteiger partial charge in [0.15, 0.2) is 0 Å². The maximum atomic E-state index is 11.6. The van der Waals surface area contributed by atoms with Gasteiger partial charge in [0.25, 0.3) is 5.97 Å². The second-order valence-corrected chi connectivity index (χ2v) is 13.8. The summed E-state index contributed by atoms with van der Waals surface area (Å²) in [6.45, 7) is 8.50. The van der Waals surface area contributed by atoms with Crippen molar-refractivity contribution in [3.8, 4) is 0 Å². The van der Waals surface area contributed by atoms with Crippen LogP contribution in [0.2, 0.25) is 19.6 Å². The summed E-state index contributed by atoms with van der Waals surface area (Å²) >= 11 is 0. The molecule has 0 saturated carbocycles. The van der Waals surface area contributed by atoms with E-state index in [-0.39, 0.29) is 5.97 Å². The lowest BCUT2D eigenvalue weighted by Gasteiger charge is -2.17. The number of hydrogen-bond acceptors (Lipinski definition) is 2. The summed E-state index contributed by atoms with van der Waals surface area (Å²) < 4.78 is 5.47. The minimum Gasteiger partial charge on any atom is -0.520 e. The van der Waals surface area contributed by atoms with Gasteiger partial charge in [-0.05, 0) is 26.1 Å². The van der Waals surface area contributed by atoms with Crippen molar-refractivity contribution >= 4 is 14.3 Å². The zero-order valence-corrected chi connectivity index (χ0v) is 20.3. The second-order valence-electron chi connectivity index (χ2n) is 9.35. The van der Waals surface area contributed by atoms with Gasteiger partial charge in [0.05, 0.1) is 0 Å². The van der Waals surface area contributed by atoms with Gasteiger partial charge >= 0.3 is 0 Å². The van der Waals surface area contributed by atoms with Crippen LogP contribution in [-0.2, 0) is 9.22 Å². The number of carbonyl (C=O) groups excluding carboxylic acids is 1. The molecule has 0 aromatic carbocycles. The number of carbonyl (C=O) groups is 1. The standard InChI is InChI=1S/C24H50O2Si/c1-5-6-7-8-9-10-11-12-13-14-15-16-17-18-19-20-21-22-23-24(25)26-27(2,3)4/h5-23H2,1-4H3. The molecule has 162 valence electrons. The van der Waals surface area contributed by atoms with E-state index in [1.807, 2.05) is 0 Å².